The minimum atomic E-state index is -0.962. The van der Waals surface area contributed by atoms with Crippen LogP contribution in [0.25, 0.3) is 0 Å². The summed E-state index contributed by atoms with van der Waals surface area (Å²) in [4.78, 5) is 52.1. The van der Waals surface area contributed by atoms with Crippen LogP contribution in [-0.2, 0) is 9.59 Å². The van der Waals surface area contributed by atoms with Crippen molar-refractivity contribution in [3.8, 4) is 5.75 Å². The molecule has 156 valence electrons. The molecule has 3 aliphatic rings. The van der Waals surface area contributed by atoms with Gasteiger partial charge in [-0.15, -0.1) is 12.4 Å². The Hall–Kier alpha value is -2.49. The number of nitrogens with one attached hydrogen (secondary N) is 2. The zero-order valence-electron chi connectivity index (χ0n) is 16.0. The lowest BCUT2D eigenvalue weighted by molar-refractivity contribution is -0.136. The van der Waals surface area contributed by atoms with Crippen molar-refractivity contribution in [1.82, 2.24) is 20.4 Å². The summed E-state index contributed by atoms with van der Waals surface area (Å²) in [7, 11) is 2.04. The Morgan fingerprint density at radius 3 is 2.62 bits per heavy atom. The molecule has 3 heterocycles. The van der Waals surface area contributed by atoms with Crippen LogP contribution >= 0.6 is 12.4 Å². The van der Waals surface area contributed by atoms with E-state index in [4.69, 9.17) is 4.74 Å². The topological polar surface area (TPSA) is 108 Å². The normalized spacial score (nSPS) is 24.8. The quantitative estimate of drug-likeness (QED) is 0.646. The highest BCUT2D eigenvalue weighted by Gasteiger charge is 2.44. The Morgan fingerprint density at radius 2 is 1.90 bits per heavy atom. The lowest BCUT2D eigenvalue weighted by atomic mass is 10.0. The number of likely N-dealkylation sites (N-methyl/N-ethyl adjacent to an activating group) is 1. The minimum Gasteiger partial charge on any atom is -0.492 e. The van der Waals surface area contributed by atoms with E-state index < -0.39 is 29.7 Å². The van der Waals surface area contributed by atoms with Crippen molar-refractivity contribution in [2.45, 2.75) is 24.9 Å². The SMILES string of the molecule is CN1CCNCC1COc1ccc2c(c1)C(=O)N(C1CCC(=O)NC1=O)C2=O.Cl. The van der Waals surface area contributed by atoms with Crippen LogP contribution in [0.4, 0.5) is 0 Å². The predicted molar refractivity (Wildman–Crippen MR) is 105 cm³/mol. The van der Waals surface area contributed by atoms with Crippen LogP contribution in [0.3, 0.4) is 0 Å². The molecule has 0 saturated carbocycles. The minimum absolute atomic E-state index is 0. The smallest absolute Gasteiger partial charge is 0.262 e. The van der Waals surface area contributed by atoms with Gasteiger partial charge in [0.25, 0.3) is 11.8 Å². The molecular formula is C19H23ClN4O5. The number of imide groups is 2. The number of piperazine rings is 1. The van der Waals surface area contributed by atoms with Crippen molar-refractivity contribution in [2.75, 3.05) is 33.3 Å². The molecule has 0 radical (unpaired) electrons. The summed E-state index contributed by atoms with van der Waals surface area (Å²) in [6.45, 7) is 3.16. The highest BCUT2D eigenvalue weighted by atomic mass is 35.5. The molecule has 10 heteroatoms. The third-order valence-electron chi connectivity index (χ3n) is 5.50. The molecule has 4 amide bonds. The molecule has 3 aliphatic heterocycles. The van der Waals surface area contributed by atoms with Crippen molar-refractivity contribution in [2.24, 2.45) is 0 Å². The fourth-order valence-electron chi connectivity index (χ4n) is 3.78. The molecule has 1 aromatic rings. The van der Waals surface area contributed by atoms with Crippen molar-refractivity contribution >= 4 is 36.0 Å². The molecule has 0 aliphatic carbocycles. The Bertz CT molecular complexity index is 861. The molecule has 2 atom stereocenters. The third kappa shape index (κ3) is 3.98. The first-order valence-corrected chi connectivity index (χ1v) is 9.35. The lowest BCUT2D eigenvalue weighted by Crippen LogP contribution is -2.54. The molecule has 0 aromatic heterocycles. The molecule has 0 bridgehead atoms. The second kappa shape index (κ2) is 8.48. The van der Waals surface area contributed by atoms with Crippen LogP contribution in [0, 0.1) is 0 Å². The molecule has 2 unspecified atom stereocenters. The number of rotatable bonds is 4. The van der Waals surface area contributed by atoms with Gasteiger partial charge in [-0.1, -0.05) is 0 Å². The van der Waals surface area contributed by atoms with Gasteiger partial charge >= 0.3 is 0 Å². The van der Waals surface area contributed by atoms with E-state index >= 15 is 0 Å². The highest BCUT2D eigenvalue weighted by molar-refractivity contribution is 6.23. The number of amides is 4. The van der Waals surface area contributed by atoms with Crippen molar-refractivity contribution in [3.63, 3.8) is 0 Å². The zero-order valence-corrected chi connectivity index (χ0v) is 16.8. The molecule has 2 N–H and O–H groups in total. The van der Waals surface area contributed by atoms with E-state index in [-0.39, 0.29) is 42.4 Å². The first kappa shape index (κ1) is 21.2. The van der Waals surface area contributed by atoms with E-state index in [1.807, 2.05) is 7.05 Å². The monoisotopic (exact) mass is 422 g/mol. The fraction of sp³-hybridized carbons (Fsp3) is 0.474. The molecule has 9 nitrogen and oxygen atoms in total. The summed E-state index contributed by atoms with van der Waals surface area (Å²) in [6.07, 6.45) is 0.238. The average Bonchev–Trinajstić information content (AvgIpc) is 2.92. The molecule has 1 aromatic carbocycles. The van der Waals surface area contributed by atoms with Gasteiger partial charge in [0.1, 0.15) is 18.4 Å². The number of piperidine rings is 1. The lowest BCUT2D eigenvalue weighted by Gasteiger charge is -2.32. The number of halogens is 1. The van der Waals surface area contributed by atoms with E-state index in [0.29, 0.717) is 12.4 Å². The van der Waals surface area contributed by atoms with Gasteiger partial charge < -0.3 is 10.1 Å². The predicted octanol–water partition coefficient (Wildman–Crippen LogP) is -0.208. The fourth-order valence-corrected chi connectivity index (χ4v) is 3.78. The third-order valence-corrected chi connectivity index (χ3v) is 5.50. The standard InChI is InChI=1S/C19H22N4O5.ClH/c1-22-7-6-20-9-11(22)10-28-12-2-3-13-14(8-12)19(27)23(18(13)26)15-4-5-16(24)21-17(15)25;/h2-3,8,11,15,20H,4-7,9-10H2,1H3,(H,21,24,25);1H. The van der Waals surface area contributed by atoms with Gasteiger partial charge in [0, 0.05) is 26.1 Å². The van der Waals surface area contributed by atoms with Crippen LogP contribution in [0.1, 0.15) is 33.6 Å². The number of carbonyl (C=O) groups excluding carboxylic acids is 4. The van der Waals surface area contributed by atoms with Gasteiger partial charge in [0.15, 0.2) is 0 Å². The zero-order chi connectivity index (χ0) is 19.8. The van der Waals surface area contributed by atoms with Crippen molar-refractivity contribution in [1.29, 1.82) is 0 Å². The number of hydrogen-bond donors (Lipinski definition) is 2. The van der Waals surface area contributed by atoms with E-state index in [1.54, 1.807) is 18.2 Å². The molecular weight excluding hydrogens is 400 g/mol. The van der Waals surface area contributed by atoms with Gasteiger partial charge in [0.05, 0.1) is 17.2 Å². The Morgan fingerprint density at radius 1 is 1.14 bits per heavy atom. The van der Waals surface area contributed by atoms with Crippen molar-refractivity contribution in [3.05, 3.63) is 29.3 Å². The first-order chi connectivity index (χ1) is 13.5. The second-order valence-electron chi connectivity index (χ2n) is 7.30. The summed E-state index contributed by atoms with van der Waals surface area (Å²) in [5.41, 5.74) is 0.473. The maximum Gasteiger partial charge on any atom is 0.262 e. The highest BCUT2D eigenvalue weighted by Crippen LogP contribution is 2.30. The second-order valence-corrected chi connectivity index (χ2v) is 7.30. The Labute approximate surface area is 174 Å². The first-order valence-electron chi connectivity index (χ1n) is 9.35. The van der Waals surface area contributed by atoms with Crippen LogP contribution in [0.2, 0.25) is 0 Å². The number of ether oxygens (including phenoxy) is 1. The average molecular weight is 423 g/mol. The molecule has 0 spiro atoms. The van der Waals surface area contributed by atoms with Crippen molar-refractivity contribution < 1.29 is 23.9 Å². The summed E-state index contributed by atoms with van der Waals surface area (Å²) >= 11 is 0. The van der Waals surface area contributed by atoms with E-state index in [2.05, 4.69) is 15.5 Å². The summed E-state index contributed by atoms with van der Waals surface area (Å²) in [5, 5.41) is 5.50. The van der Waals surface area contributed by atoms with Gasteiger partial charge in [0.2, 0.25) is 11.8 Å². The largest absolute Gasteiger partial charge is 0.492 e. The number of carbonyl (C=O) groups is 4. The summed E-state index contributed by atoms with van der Waals surface area (Å²) in [5.74, 6) is -1.55. The molecule has 29 heavy (non-hydrogen) atoms. The van der Waals surface area contributed by atoms with E-state index in [1.165, 1.54) is 0 Å². The molecule has 2 saturated heterocycles. The van der Waals surface area contributed by atoms with Crippen LogP contribution in [0.15, 0.2) is 18.2 Å². The maximum absolute atomic E-state index is 12.8. The van der Waals surface area contributed by atoms with Gasteiger partial charge in [-0.25, -0.2) is 0 Å². The number of hydrogen-bond acceptors (Lipinski definition) is 7. The van der Waals surface area contributed by atoms with Gasteiger partial charge in [-0.3, -0.25) is 34.3 Å². The molecule has 2 fully saturated rings. The van der Waals surface area contributed by atoms with Crippen LogP contribution in [-0.4, -0.2) is 78.8 Å². The maximum atomic E-state index is 12.8. The molecule has 4 rings (SSSR count). The number of benzene rings is 1. The van der Waals surface area contributed by atoms with Gasteiger partial charge in [-0.2, -0.15) is 0 Å². The van der Waals surface area contributed by atoms with Crippen LogP contribution < -0.4 is 15.4 Å². The number of fused-ring (bicyclic) bond motifs is 1. The van der Waals surface area contributed by atoms with E-state index in [9.17, 15) is 19.2 Å². The Kier molecular flexibility index (Phi) is 6.21. The summed E-state index contributed by atoms with van der Waals surface area (Å²) < 4.78 is 5.85. The number of nitrogens with zero attached hydrogens (tertiary/aromatic N) is 2. The van der Waals surface area contributed by atoms with Crippen LogP contribution in [0.5, 0.6) is 5.75 Å². The Balaban J connectivity index is 0.00000240. The van der Waals surface area contributed by atoms with Gasteiger partial charge in [-0.05, 0) is 31.7 Å². The summed E-state index contributed by atoms with van der Waals surface area (Å²) in [6, 6.07) is 4.03. The van der Waals surface area contributed by atoms with E-state index in [0.717, 1.165) is 24.5 Å².